The van der Waals surface area contributed by atoms with E-state index >= 15 is 0 Å². The monoisotopic (exact) mass is 210 g/mol. The molecule has 0 aliphatic heterocycles. The lowest BCUT2D eigenvalue weighted by Gasteiger charge is -2.05. The number of hydrogen-bond acceptors (Lipinski definition) is 1. The lowest BCUT2D eigenvalue weighted by Crippen LogP contribution is -1.84. The Kier molecular flexibility index (Phi) is 2.08. The van der Waals surface area contributed by atoms with Crippen LogP contribution in [0.1, 0.15) is 5.56 Å². The van der Waals surface area contributed by atoms with Gasteiger partial charge in [0.15, 0.2) is 0 Å². The van der Waals surface area contributed by atoms with Gasteiger partial charge in [-0.25, -0.2) is 4.39 Å². The molecule has 0 atom stereocenters. The fraction of sp³-hybridized carbons (Fsp3) is 0.0909. The standard InChI is InChI=1S/C11H8ClFO/c1-6-4-8(14)5-7-2-3-9(13)11(12)10(6)7/h2-5,14H,1H3. The molecule has 0 saturated heterocycles. The Hall–Kier alpha value is -1.28. The summed E-state index contributed by atoms with van der Waals surface area (Å²) in [6.07, 6.45) is 0. The van der Waals surface area contributed by atoms with Gasteiger partial charge in [0.2, 0.25) is 0 Å². The minimum absolute atomic E-state index is 0.111. The quantitative estimate of drug-likeness (QED) is 0.704. The van der Waals surface area contributed by atoms with E-state index in [-0.39, 0.29) is 10.8 Å². The number of phenolic OH excluding ortho intramolecular Hbond substituents is 1. The zero-order chi connectivity index (χ0) is 10.3. The number of benzene rings is 2. The van der Waals surface area contributed by atoms with Gasteiger partial charge in [0, 0.05) is 5.39 Å². The maximum atomic E-state index is 13.1. The molecule has 1 nitrogen and oxygen atoms in total. The van der Waals surface area contributed by atoms with Gasteiger partial charge in [-0.2, -0.15) is 0 Å². The van der Waals surface area contributed by atoms with E-state index in [4.69, 9.17) is 11.6 Å². The minimum atomic E-state index is -0.437. The topological polar surface area (TPSA) is 20.2 Å². The van der Waals surface area contributed by atoms with Gasteiger partial charge >= 0.3 is 0 Å². The van der Waals surface area contributed by atoms with Crippen molar-refractivity contribution >= 4 is 22.4 Å². The summed E-state index contributed by atoms with van der Waals surface area (Å²) in [5.74, 6) is -0.273. The molecule has 0 aromatic heterocycles. The highest BCUT2D eigenvalue weighted by Gasteiger charge is 2.08. The lowest BCUT2D eigenvalue weighted by atomic mass is 10.0. The van der Waals surface area contributed by atoms with Crippen LogP contribution in [0.4, 0.5) is 4.39 Å². The zero-order valence-corrected chi connectivity index (χ0v) is 8.27. The average molecular weight is 211 g/mol. The first-order valence-corrected chi connectivity index (χ1v) is 4.54. The molecule has 0 bridgehead atoms. The molecule has 72 valence electrons. The number of aromatic hydroxyl groups is 1. The van der Waals surface area contributed by atoms with E-state index in [0.29, 0.717) is 5.39 Å². The molecular weight excluding hydrogens is 203 g/mol. The van der Waals surface area contributed by atoms with Crippen molar-refractivity contribution in [1.29, 1.82) is 0 Å². The highest BCUT2D eigenvalue weighted by molar-refractivity contribution is 6.36. The number of rotatable bonds is 0. The van der Waals surface area contributed by atoms with Gasteiger partial charge in [0.1, 0.15) is 11.6 Å². The van der Waals surface area contributed by atoms with Crippen molar-refractivity contribution in [2.24, 2.45) is 0 Å². The number of aryl methyl sites for hydroxylation is 1. The first-order valence-electron chi connectivity index (χ1n) is 4.17. The van der Waals surface area contributed by atoms with Crippen LogP contribution < -0.4 is 0 Å². The van der Waals surface area contributed by atoms with Crippen molar-refractivity contribution in [3.05, 3.63) is 40.7 Å². The SMILES string of the molecule is Cc1cc(O)cc2ccc(F)c(Cl)c12. The predicted octanol–water partition coefficient (Wildman–Crippen LogP) is 3.65. The second kappa shape index (κ2) is 3.14. The van der Waals surface area contributed by atoms with Crippen LogP contribution in [0.15, 0.2) is 24.3 Å². The summed E-state index contributed by atoms with van der Waals surface area (Å²) in [4.78, 5) is 0. The van der Waals surface area contributed by atoms with Crippen LogP contribution in [0.5, 0.6) is 5.75 Å². The van der Waals surface area contributed by atoms with Crippen LogP contribution in [0.3, 0.4) is 0 Å². The fourth-order valence-electron chi connectivity index (χ4n) is 1.58. The second-order valence-electron chi connectivity index (χ2n) is 3.22. The largest absolute Gasteiger partial charge is 0.508 e. The number of halogens is 2. The van der Waals surface area contributed by atoms with Gasteiger partial charge < -0.3 is 5.11 Å². The Bertz CT molecular complexity index is 508. The van der Waals surface area contributed by atoms with Crippen LogP contribution in [-0.4, -0.2) is 5.11 Å². The molecule has 2 rings (SSSR count). The number of phenols is 1. The maximum Gasteiger partial charge on any atom is 0.142 e. The molecule has 3 heteroatoms. The van der Waals surface area contributed by atoms with Crippen LogP contribution in [0.2, 0.25) is 5.02 Å². The Balaban J connectivity index is 2.95. The van der Waals surface area contributed by atoms with Gasteiger partial charge in [0.25, 0.3) is 0 Å². The van der Waals surface area contributed by atoms with Crippen LogP contribution >= 0.6 is 11.6 Å². The summed E-state index contributed by atoms with van der Waals surface area (Å²) >= 11 is 5.83. The van der Waals surface area contributed by atoms with Gasteiger partial charge in [-0.1, -0.05) is 17.7 Å². The van der Waals surface area contributed by atoms with E-state index in [1.165, 1.54) is 6.07 Å². The van der Waals surface area contributed by atoms with Gasteiger partial charge in [-0.15, -0.1) is 0 Å². The zero-order valence-electron chi connectivity index (χ0n) is 7.51. The van der Waals surface area contributed by atoms with Crippen molar-refractivity contribution < 1.29 is 9.50 Å². The van der Waals surface area contributed by atoms with Crippen LogP contribution in [-0.2, 0) is 0 Å². The third-order valence-electron chi connectivity index (χ3n) is 2.19. The Labute approximate surface area is 85.7 Å². The van der Waals surface area contributed by atoms with E-state index in [0.717, 1.165) is 10.9 Å². The third kappa shape index (κ3) is 1.32. The molecule has 0 aliphatic carbocycles. The molecule has 0 saturated carbocycles. The molecule has 0 spiro atoms. The second-order valence-corrected chi connectivity index (χ2v) is 3.60. The Morgan fingerprint density at radius 3 is 2.71 bits per heavy atom. The molecular formula is C11H8ClFO. The predicted molar refractivity (Wildman–Crippen MR) is 55.3 cm³/mol. The summed E-state index contributed by atoms with van der Waals surface area (Å²) in [7, 11) is 0. The van der Waals surface area contributed by atoms with Crippen LogP contribution in [0, 0.1) is 12.7 Å². The number of hydrogen-bond donors (Lipinski definition) is 1. The molecule has 0 fully saturated rings. The normalized spacial score (nSPS) is 10.8. The maximum absolute atomic E-state index is 13.1. The van der Waals surface area contributed by atoms with E-state index in [1.54, 1.807) is 25.1 Å². The molecule has 2 aromatic rings. The van der Waals surface area contributed by atoms with Crippen molar-refractivity contribution in [1.82, 2.24) is 0 Å². The molecule has 0 heterocycles. The van der Waals surface area contributed by atoms with E-state index in [9.17, 15) is 9.50 Å². The average Bonchev–Trinajstić information content (AvgIpc) is 2.10. The van der Waals surface area contributed by atoms with Gasteiger partial charge in [-0.05, 0) is 36.1 Å². The van der Waals surface area contributed by atoms with Gasteiger partial charge in [0.05, 0.1) is 5.02 Å². The summed E-state index contributed by atoms with van der Waals surface area (Å²) in [5, 5.41) is 10.8. The van der Waals surface area contributed by atoms with E-state index in [2.05, 4.69) is 0 Å². The van der Waals surface area contributed by atoms with Crippen molar-refractivity contribution in [2.45, 2.75) is 6.92 Å². The van der Waals surface area contributed by atoms with Crippen molar-refractivity contribution in [3.8, 4) is 5.75 Å². The molecule has 0 radical (unpaired) electrons. The third-order valence-corrected chi connectivity index (χ3v) is 2.56. The molecule has 14 heavy (non-hydrogen) atoms. The molecule has 1 N–H and O–H groups in total. The van der Waals surface area contributed by atoms with Gasteiger partial charge in [-0.3, -0.25) is 0 Å². The smallest absolute Gasteiger partial charge is 0.142 e. The molecule has 0 unspecified atom stereocenters. The summed E-state index contributed by atoms with van der Waals surface area (Å²) in [6.45, 7) is 1.79. The summed E-state index contributed by atoms with van der Waals surface area (Å²) in [5.41, 5.74) is 0.768. The highest BCUT2D eigenvalue weighted by Crippen LogP contribution is 2.31. The van der Waals surface area contributed by atoms with Crippen molar-refractivity contribution in [3.63, 3.8) is 0 Å². The van der Waals surface area contributed by atoms with Crippen LogP contribution in [0.25, 0.3) is 10.8 Å². The fourth-order valence-corrected chi connectivity index (χ4v) is 1.90. The Morgan fingerprint density at radius 2 is 2.00 bits per heavy atom. The first kappa shape index (κ1) is 9.28. The molecule has 0 aliphatic rings. The summed E-state index contributed by atoms with van der Waals surface area (Å²) in [6, 6.07) is 6.02. The molecule has 0 amide bonds. The first-order chi connectivity index (χ1) is 6.59. The number of fused-ring (bicyclic) bond motifs is 1. The highest BCUT2D eigenvalue weighted by atomic mass is 35.5. The van der Waals surface area contributed by atoms with E-state index < -0.39 is 5.82 Å². The molecule has 2 aromatic carbocycles. The Morgan fingerprint density at radius 1 is 1.29 bits per heavy atom. The minimum Gasteiger partial charge on any atom is -0.508 e. The summed E-state index contributed by atoms with van der Waals surface area (Å²) < 4.78 is 13.1. The lowest BCUT2D eigenvalue weighted by molar-refractivity contribution is 0.476. The van der Waals surface area contributed by atoms with Crippen molar-refractivity contribution in [2.75, 3.05) is 0 Å². The van der Waals surface area contributed by atoms with E-state index in [1.807, 2.05) is 0 Å².